The smallest absolute Gasteiger partial charge is 0.305 e. The monoisotopic (exact) mass is 348 g/mol. The van der Waals surface area contributed by atoms with Gasteiger partial charge in [-0.1, -0.05) is 13.8 Å². The Hall–Kier alpha value is -2.37. The van der Waals surface area contributed by atoms with E-state index in [2.05, 4.69) is 0 Å². The number of nitrogens with zero attached hydrogens (tertiary/aromatic N) is 2. The molecule has 0 heterocycles. The third kappa shape index (κ3) is 6.21. The largest absolute Gasteiger partial charge is 0.481 e. The van der Waals surface area contributed by atoms with Gasteiger partial charge in [-0.15, -0.1) is 0 Å². The number of benzene rings is 1. The fourth-order valence-corrected chi connectivity index (χ4v) is 2.58. The minimum Gasteiger partial charge on any atom is -0.481 e. The van der Waals surface area contributed by atoms with Gasteiger partial charge in [0.25, 0.3) is 11.8 Å². The van der Waals surface area contributed by atoms with Crippen molar-refractivity contribution in [3.8, 4) is 0 Å². The molecular weight excluding hydrogens is 320 g/mol. The normalized spacial score (nSPS) is 10.6. The molecule has 0 radical (unpaired) electrons. The number of rotatable bonds is 9. The molecule has 0 atom stereocenters. The Morgan fingerprint density at radius 1 is 0.920 bits per heavy atom. The Labute approximate surface area is 149 Å². The molecule has 6 nitrogen and oxygen atoms in total. The molecular formula is C19H28N2O4. The third-order valence-corrected chi connectivity index (χ3v) is 3.90. The maximum atomic E-state index is 12.7. The van der Waals surface area contributed by atoms with E-state index in [4.69, 9.17) is 5.11 Å². The van der Waals surface area contributed by atoms with Gasteiger partial charge in [-0.2, -0.15) is 0 Å². The molecule has 0 aromatic heterocycles. The number of amides is 2. The molecule has 2 amide bonds. The highest BCUT2D eigenvalue weighted by atomic mass is 16.4. The van der Waals surface area contributed by atoms with Gasteiger partial charge in [0.15, 0.2) is 0 Å². The SMILES string of the molecule is CCN(CC)C(=O)c1ccc(C(=O)N(CCC(=O)O)CC(C)C)cc1. The number of carbonyl (C=O) groups excluding carboxylic acids is 2. The summed E-state index contributed by atoms with van der Waals surface area (Å²) in [5.74, 6) is -0.964. The second-order valence-electron chi connectivity index (χ2n) is 6.34. The van der Waals surface area contributed by atoms with Crippen LogP contribution in [0.1, 0.15) is 54.8 Å². The number of carbonyl (C=O) groups is 3. The number of hydrogen-bond donors (Lipinski definition) is 1. The van der Waals surface area contributed by atoms with Crippen molar-refractivity contribution in [1.29, 1.82) is 0 Å². The molecule has 0 bridgehead atoms. The maximum Gasteiger partial charge on any atom is 0.305 e. The molecule has 0 saturated carbocycles. The number of aliphatic carboxylic acids is 1. The van der Waals surface area contributed by atoms with Crippen LogP contribution in [0.2, 0.25) is 0 Å². The van der Waals surface area contributed by atoms with Crippen molar-refractivity contribution in [2.75, 3.05) is 26.2 Å². The van der Waals surface area contributed by atoms with Crippen molar-refractivity contribution in [3.05, 3.63) is 35.4 Å². The first-order valence-corrected chi connectivity index (χ1v) is 8.70. The summed E-state index contributed by atoms with van der Waals surface area (Å²) in [5, 5.41) is 8.86. The van der Waals surface area contributed by atoms with Crippen LogP contribution in [0.4, 0.5) is 0 Å². The summed E-state index contributed by atoms with van der Waals surface area (Å²) in [7, 11) is 0. The van der Waals surface area contributed by atoms with E-state index < -0.39 is 5.97 Å². The molecule has 25 heavy (non-hydrogen) atoms. The number of hydrogen-bond acceptors (Lipinski definition) is 3. The van der Waals surface area contributed by atoms with Crippen molar-refractivity contribution in [2.24, 2.45) is 5.92 Å². The van der Waals surface area contributed by atoms with E-state index in [1.54, 1.807) is 34.1 Å². The second kappa shape index (κ2) is 9.81. The molecule has 0 aliphatic heterocycles. The highest BCUT2D eigenvalue weighted by Gasteiger charge is 2.19. The van der Waals surface area contributed by atoms with E-state index in [0.717, 1.165) is 0 Å². The molecule has 0 aliphatic rings. The van der Waals surface area contributed by atoms with Crippen LogP contribution < -0.4 is 0 Å². The van der Waals surface area contributed by atoms with Crippen molar-refractivity contribution in [1.82, 2.24) is 9.80 Å². The van der Waals surface area contributed by atoms with E-state index in [1.165, 1.54) is 0 Å². The zero-order valence-corrected chi connectivity index (χ0v) is 15.5. The standard InChI is InChI=1S/C19H28N2O4/c1-5-20(6-2)18(24)15-7-9-16(10-8-15)19(25)21(13-14(3)4)12-11-17(22)23/h7-10,14H,5-6,11-13H2,1-4H3,(H,22,23). The molecule has 0 aliphatic carbocycles. The van der Waals surface area contributed by atoms with Gasteiger partial charge < -0.3 is 14.9 Å². The van der Waals surface area contributed by atoms with Crippen LogP contribution in [-0.4, -0.2) is 58.9 Å². The molecule has 1 N–H and O–H groups in total. The van der Waals surface area contributed by atoms with Crippen LogP contribution in [0.25, 0.3) is 0 Å². The lowest BCUT2D eigenvalue weighted by Gasteiger charge is -2.24. The molecule has 1 rings (SSSR count). The fourth-order valence-electron chi connectivity index (χ4n) is 2.58. The van der Waals surface area contributed by atoms with Crippen molar-refractivity contribution < 1.29 is 19.5 Å². The second-order valence-corrected chi connectivity index (χ2v) is 6.34. The zero-order valence-electron chi connectivity index (χ0n) is 15.5. The van der Waals surface area contributed by atoms with Gasteiger partial charge in [0.1, 0.15) is 0 Å². The molecule has 0 unspecified atom stereocenters. The number of carboxylic acids is 1. The number of carboxylic acid groups (broad SMARTS) is 1. The van der Waals surface area contributed by atoms with Crippen LogP contribution >= 0.6 is 0 Å². The predicted octanol–water partition coefficient (Wildman–Crippen LogP) is 2.74. The Balaban J connectivity index is 2.91. The lowest BCUT2D eigenvalue weighted by Crippen LogP contribution is -2.36. The molecule has 0 fully saturated rings. The molecule has 1 aromatic carbocycles. The highest BCUT2D eigenvalue weighted by molar-refractivity contribution is 5.98. The van der Waals surface area contributed by atoms with Gasteiger partial charge in [-0.05, 0) is 44.0 Å². The van der Waals surface area contributed by atoms with Crippen molar-refractivity contribution in [3.63, 3.8) is 0 Å². The Bertz CT molecular complexity index is 592. The molecule has 138 valence electrons. The minimum absolute atomic E-state index is 0.0612. The van der Waals surface area contributed by atoms with Gasteiger partial charge in [0.05, 0.1) is 6.42 Å². The van der Waals surface area contributed by atoms with Crippen LogP contribution in [0.5, 0.6) is 0 Å². The van der Waals surface area contributed by atoms with Gasteiger partial charge in [-0.3, -0.25) is 14.4 Å². The van der Waals surface area contributed by atoms with Crippen molar-refractivity contribution in [2.45, 2.75) is 34.1 Å². The lowest BCUT2D eigenvalue weighted by atomic mass is 10.1. The van der Waals surface area contributed by atoms with Crippen LogP contribution in [0.3, 0.4) is 0 Å². The summed E-state index contributed by atoms with van der Waals surface area (Å²) in [6.45, 7) is 9.73. The summed E-state index contributed by atoms with van der Waals surface area (Å²) in [6.07, 6.45) is -0.0863. The first kappa shape index (κ1) is 20.7. The summed E-state index contributed by atoms with van der Waals surface area (Å²) in [5.41, 5.74) is 1.00. The van der Waals surface area contributed by atoms with E-state index >= 15 is 0 Å². The third-order valence-electron chi connectivity index (χ3n) is 3.90. The van der Waals surface area contributed by atoms with Gasteiger partial charge in [0, 0.05) is 37.3 Å². The zero-order chi connectivity index (χ0) is 19.0. The van der Waals surface area contributed by atoms with Crippen LogP contribution in [-0.2, 0) is 4.79 Å². The topological polar surface area (TPSA) is 77.9 Å². The molecule has 1 aromatic rings. The molecule has 0 saturated heterocycles. The summed E-state index contributed by atoms with van der Waals surface area (Å²) >= 11 is 0. The average Bonchev–Trinajstić information content (AvgIpc) is 2.58. The Kier molecular flexibility index (Phi) is 8.11. The highest BCUT2D eigenvalue weighted by Crippen LogP contribution is 2.12. The van der Waals surface area contributed by atoms with Crippen LogP contribution in [0.15, 0.2) is 24.3 Å². The fraction of sp³-hybridized carbons (Fsp3) is 0.526. The quantitative estimate of drug-likeness (QED) is 0.744. The summed E-state index contributed by atoms with van der Waals surface area (Å²) in [4.78, 5) is 39.0. The van der Waals surface area contributed by atoms with E-state index in [1.807, 2.05) is 27.7 Å². The summed E-state index contributed by atoms with van der Waals surface area (Å²) in [6, 6.07) is 6.57. The Morgan fingerprint density at radius 3 is 1.72 bits per heavy atom. The van der Waals surface area contributed by atoms with E-state index in [0.29, 0.717) is 30.8 Å². The Morgan fingerprint density at radius 2 is 1.36 bits per heavy atom. The lowest BCUT2D eigenvalue weighted by molar-refractivity contribution is -0.137. The van der Waals surface area contributed by atoms with Gasteiger partial charge in [0.2, 0.25) is 0 Å². The average molecular weight is 348 g/mol. The van der Waals surface area contributed by atoms with E-state index in [-0.39, 0.29) is 30.7 Å². The van der Waals surface area contributed by atoms with Crippen molar-refractivity contribution >= 4 is 17.8 Å². The van der Waals surface area contributed by atoms with Gasteiger partial charge in [-0.25, -0.2) is 0 Å². The first-order valence-electron chi connectivity index (χ1n) is 8.70. The predicted molar refractivity (Wildman–Crippen MR) is 96.7 cm³/mol. The first-order chi connectivity index (χ1) is 11.8. The van der Waals surface area contributed by atoms with Crippen LogP contribution in [0, 0.1) is 5.92 Å². The molecule has 6 heteroatoms. The van der Waals surface area contributed by atoms with Gasteiger partial charge >= 0.3 is 5.97 Å². The molecule has 0 spiro atoms. The summed E-state index contributed by atoms with van der Waals surface area (Å²) < 4.78 is 0. The van der Waals surface area contributed by atoms with E-state index in [9.17, 15) is 14.4 Å². The minimum atomic E-state index is -0.929. The maximum absolute atomic E-state index is 12.7.